The highest BCUT2D eigenvalue weighted by atomic mass is 16.5. The van der Waals surface area contributed by atoms with Crippen LogP contribution in [0.2, 0.25) is 0 Å². The molecule has 4 nitrogen and oxygen atoms in total. The van der Waals surface area contributed by atoms with Crippen LogP contribution >= 0.6 is 0 Å². The van der Waals surface area contributed by atoms with Crippen LogP contribution in [0.15, 0.2) is 18.2 Å². The summed E-state index contributed by atoms with van der Waals surface area (Å²) in [5, 5.41) is 2.96. The predicted octanol–water partition coefficient (Wildman–Crippen LogP) is 3.24. The number of carbonyl (C=O) groups is 1. The van der Waals surface area contributed by atoms with Crippen molar-refractivity contribution < 1.29 is 9.53 Å². The van der Waals surface area contributed by atoms with E-state index in [1.165, 1.54) is 0 Å². The molecule has 2 atom stereocenters. The van der Waals surface area contributed by atoms with Gasteiger partial charge < -0.3 is 15.8 Å². The highest BCUT2D eigenvalue weighted by Crippen LogP contribution is 2.28. The van der Waals surface area contributed by atoms with Gasteiger partial charge in [-0.05, 0) is 63.3 Å². The Hall–Kier alpha value is -1.55. The van der Waals surface area contributed by atoms with Crippen molar-refractivity contribution >= 4 is 11.6 Å². The third-order valence-electron chi connectivity index (χ3n) is 3.99. The van der Waals surface area contributed by atoms with E-state index in [-0.39, 0.29) is 18.1 Å². The Morgan fingerprint density at radius 1 is 1.43 bits per heavy atom. The second-order valence-electron chi connectivity index (χ2n) is 6.25. The first-order valence-corrected chi connectivity index (χ1v) is 7.78. The maximum atomic E-state index is 12.1. The van der Waals surface area contributed by atoms with E-state index in [0.717, 1.165) is 36.3 Å². The third kappa shape index (κ3) is 4.46. The van der Waals surface area contributed by atoms with E-state index in [1.807, 2.05) is 39.0 Å². The minimum Gasteiger partial charge on any atom is -0.491 e. The molecule has 0 aliphatic heterocycles. The van der Waals surface area contributed by atoms with Gasteiger partial charge in [-0.15, -0.1) is 0 Å². The number of amides is 1. The van der Waals surface area contributed by atoms with Gasteiger partial charge in [-0.25, -0.2) is 0 Å². The Kier molecular flexibility index (Phi) is 5.23. The van der Waals surface area contributed by atoms with Crippen molar-refractivity contribution in [1.82, 2.24) is 0 Å². The Morgan fingerprint density at radius 2 is 2.19 bits per heavy atom. The smallest absolute Gasteiger partial charge is 0.224 e. The molecule has 1 aromatic rings. The molecule has 1 saturated carbocycles. The zero-order valence-electron chi connectivity index (χ0n) is 13.2. The van der Waals surface area contributed by atoms with Crippen LogP contribution < -0.4 is 15.8 Å². The van der Waals surface area contributed by atoms with Gasteiger partial charge in [0.2, 0.25) is 5.91 Å². The van der Waals surface area contributed by atoms with Gasteiger partial charge in [-0.1, -0.05) is 6.42 Å². The number of hydrogen-bond acceptors (Lipinski definition) is 3. The summed E-state index contributed by atoms with van der Waals surface area (Å²) in [4.78, 5) is 12.1. The second-order valence-corrected chi connectivity index (χ2v) is 6.25. The summed E-state index contributed by atoms with van der Waals surface area (Å²) in [6.07, 6.45) is 3.91. The van der Waals surface area contributed by atoms with Crippen LogP contribution in [0.1, 0.15) is 45.1 Å². The molecule has 21 heavy (non-hydrogen) atoms. The second kappa shape index (κ2) is 6.94. The van der Waals surface area contributed by atoms with E-state index in [2.05, 4.69) is 5.32 Å². The maximum Gasteiger partial charge on any atom is 0.224 e. The molecule has 1 aromatic carbocycles. The first-order chi connectivity index (χ1) is 9.95. The summed E-state index contributed by atoms with van der Waals surface area (Å²) < 4.78 is 5.70. The fourth-order valence-electron chi connectivity index (χ4n) is 2.88. The van der Waals surface area contributed by atoms with Crippen LogP contribution in [0.5, 0.6) is 5.75 Å². The Labute approximate surface area is 127 Å². The van der Waals surface area contributed by atoms with E-state index in [1.54, 1.807) is 0 Å². The van der Waals surface area contributed by atoms with Crippen LogP contribution in [0.25, 0.3) is 0 Å². The number of rotatable bonds is 5. The van der Waals surface area contributed by atoms with Crippen molar-refractivity contribution in [3.8, 4) is 5.75 Å². The van der Waals surface area contributed by atoms with Gasteiger partial charge in [-0.2, -0.15) is 0 Å². The number of ether oxygens (including phenoxy) is 1. The third-order valence-corrected chi connectivity index (χ3v) is 3.99. The van der Waals surface area contributed by atoms with Crippen molar-refractivity contribution in [3.63, 3.8) is 0 Å². The van der Waals surface area contributed by atoms with E-state index >= 15 is 0 Å². The van der Waals surface area contributed by atoms with E-state index in [4.69, 9.17) is 10.5 Å². The molecule has 1 aliphatic rings. The van der Waals surface area contributed by atoms with Gasteiger partial charge in [0.05, 0.1) is 6.10 Å². The zero-order valence-corrected chi connectivity index (χ0v) is 13.2. The van der Waals surface area contributed by atoms with Crippen LogP contribution in [0.4, 0.5) is 5.69 Å². The monoisotopic (exact) mass is 290 g/mol. The maximum absolute atomic E-state index is 12.1. The fourth-order valence-corrected chi connectivity index (χ4v) is 2.88. The molecule has 1 aliphatic carbocycles. The molecule has 0 aromatic heterocycles. The van der Waals surface area contributed by atoms with E-state index in [0.29, 0.717) is 12.3 Å². The summed E-state index contributed by atoms with van der Waals surface area (Å²) in [5.74, 6) is 1.24. The molecule has 1 amide bonds. The summed E-state index contributed by atoms with van der Waals surface area (Å²) in [6, 6.07) is 5.92. The normalized spacial score (nSPS) is 21.6. The lowest BCUT2D eigenvalue weighted by molar-refractivity contribution is -0.117. The van der Waals surface area contributed by atoms with Gasteiger partial charge in [0.15, 0.2) is 0 Å². The average molecular weight is 290 g/mol. The van der Waals surface area contributed by atoms with Gasteiger partial charge in [0.1, 0.15) is 5.75 Å². The summed E-state index contributed by atoms with van der Waals surface area (Å²) in [6.45, 7) is 5.99. The van der Waals surface area contributed by atoms with Crippen LogP contribution in [-0.2, 0) is 4.79 Å². The first-order valence-electron chi connectivity index (χ1n) is 7.78. The van der Waals surface area contributed by atoms with Gasteiger partial charge in [-0.3, -0.25) is 4.79 Å². The van der Waals surface area contributed by atoms with Crippen LogP contribution in [-0.4, -0.2) is 18.1 Å². The molecule has 0 bridgehead atoms. The lowest BCUT2D eigenvalue weighted by atomic mass is 10.00. The molecule has 3 N–H and O–H groups in total. The largest absolute Gasteiger partial charge is 0.491 e. The number of carbonyl (C=O) groups excluding carboxylic acids is 1. The van der Waals surface area contributed by atoms with Gasteiger partial charge in [0, 0.05) is 18.2 Å². The van der Waals surface area contributed by atoms with Crippen molar-refractivity contribution in [1.29, 1.82) is 0 Å². The van der Waals surface area contributed by atoms with Gasteiger partial charge in [0.25, 0.3) is 0 Å². The lowest BCUT2D eigenvalue weighted by Gasteiger charge is -2.16. The van der Waals surface area contributed by atoms with Crippen LogP contribution in [0.3, 0.4) is 0 Å². The van der Waals surface area contributed by atoms with E-state index in [9.17, 15) is 4.79 Å². The number of nitrogens with one attached hydrogen (secondary N) is 1. The summed E-state index contributed by atoms with van der Waals surface area (Å²) in [7, 11) is 0. The number of benzene rings is 1. The van der Waals surface area contributed by atoms with Crippen LogP contribution in [0, 0.1) is 12.8 Å². The highest BCUT2D eigenvalue weighted by Gasteiger charge is 2.26. The quantitative estimate of drug-likeness (QED) is 0.875. The molecule has 1 fully saturated rings. The first kappa shape index (κ1) is 15.8. The van der Waals surface area contributed by atoms with Crippen molar-refractivity contribution in [2.75, 3.05) is 5.32 Å². The molecule has 0 radical (unpaired) electrons. The molecule has 0 unspecified atom stereocenters. The minimum atomic E-state index is 0.0503. The minimum absolute atomic E-state index is 0.0503. The zero-order chi connectivity index (χ0) is 15.4. The molecule has 0 spiro atoms. The molecule has 4 heteroatoms. The lowest BCUT2D eigenvalue weighted by Crippen LogP contribution is -2.28. The van der Waals surface area contributed by atoms with Crippen molar-refractivity contribution in [2.24, 2.45) is 11.7 Å². The van der Waals surface area contributed by atoms with Crippen molar-refractivity contribution in [3.05, 3.63) is 23.8 Å². The fraction of sp³-hybridized carbons (Fsp3) is 0.588. The Balaban J connectivity index is 1.93. The topological polar surface area (TPSA) is 64.4 Å². The molecule has 2 rings (SSSR count). The molecular weight excluding hydrogens is 264 g/mol. The predicted molar refractivity (Wildman–Crippen MR) is 85.5 cm³/mol. The molecule has 0 saturated heterocycles. The summed E-state index contributed by atoms with van der Waals surface area (Å²) >= 11 is 0. The van der Waals surface area contributed by atoms with Gasteiger partial charge >= 0.3 is 0 Å². The number of nitrogens with two attached hydrogens (primary N) is 1. The van der Waals surface area contributed by atoms with E-state index < -0.39 is 0 Å². The molecular formula is C17H26N2O2. The number of anilines is 1. The Morgan fingerprint density at radius 3 is 2.76 bits per heavy atom. The number of hydrogen-bond donors (Lipinski definition) is 2. The Bertz CT molecular complexity index is 500. The molecule has 116 valence electrons. The standard InChI is InChI=1S/C17H26N2O2/c1-11(2)21-16-8-7-14(9-12(16)3)19-17(20)10-13-5-4-6-15(13)18/h7-9,11,13,15H,4-6,10,18H2,1-3H3,(H,19,20)/t13-,15+/m0/s1. The molecule has 0 heterocycles. The SMILES string of the molecule is Cc1cc(NC(=O)C[C@@H]2CCC[C@H]2N)ccc1OC(C)C. The summed E-state index contributed by atoms with van der Waals surface area (Å²) in [5.41, 5.74) is 7.86. The average Bonchev–Trinajstić information content (AvgIpc) is 2.78. The number of aryl methyl sites for hydroxylation is 1. The highest BCUT2D eigenvalue weighted by molar-refractivity contribution is 5.91. The van der Waals surface area contributed by atoms with Crippen molar-refractivity contribution in [2.45, 2.75) is 58.6 Å².